The van der Waals surface area contributed by atoms with Crippen molar-refractivity contribution in [1.29, 1.82) is 0 Å². The van der Waals surface area contributed by atoms with Crippen molar-refractivity contribution >= 4 is 28.3 Å². The van der Waals surface area contributed by atoms with Gasteiger partial charge < -0.3 is 10.5 Å². The number of methoxy groups -OCH3 is 1. The summed E-state index contributed by atoms with van der Waals surface area (Å²) in [4.78, 5) is 4.38. The molecule has 20 heavy (non-hydrogen) atoms. The van der Waals surface area contributed by atoms with Gasteiger partial charge in [0.2, 0.25) is 0 Å². The lowest BCUT2D eigenvalue weighted by molar-refractivity contribution is 0.413. The second kappa shape index (κ2) is 4.72. The second-order valence-electron chi connectivity index (χ2n) is 4.64. The number of aryl methyl sites for hydroxylation is 1. The van der Waals surface area contributed by atoms with Gasteiger partial charge in [-0.3, -0.25) is 4.57 Å². The fraction of sp³-hybridized carbons (Fsp3) is 0.133. The van der Waals surface area contributed by atoms with Gasteiger partial charge in [0, 0.05) is 16.8 Å². The van der Waals surface area contributed by atoms with Gasteiger partial charge in [-0.2, -0.15) is 0 Å². The van der Waals surface area contributed by atoms with Crippen LogP contribution >= 0.6 is 11.6 Å². The monoisotopic (exact) mass is 287 g/mol. The Bertz CT molecular complexity index is 795. The summed E-state index contributed by atoms with van der Waals surface area (Å²) in [5.41, 5.74) is 10.2. The van der Waals surface area contributed by atoms with E-state index in [0.717, 1.165) is 22.3 Å². The highest BCUT2D eigenvalue weighted by atomic mass is 35.5. The number of ether oxygens (including phenoxy) is 1. The first-order chi connectivity index (χ1) is 9.60. The largest absolute Gasteiger partial charge is 0.495 e. The summed E-state index contributed by atoms with van der Waals surface area (Å²) in [6.45, 7) is 1.96. The highest BCUT2D eigenvalue weighted by molar-refractivity contribution is 6.31. The topological polar surface area (TPSA) is 53.1 Å². The van der Waals surface area contributed by atoms with Gasteiger partial charge in [-0.05, 0) is 36.8 Å². The van der Waals surface area contributed by atoms with Gasteiger partial charge in [-0.25, -0.2) is 4.98 Å². The molecule has 0 saturated heterocycles. The lowest BCUT2D eigenvalue weighted by Gasteiger charge is -2.12. The predicted octanol–water partition coefficient (Wildman–Crippen LogP) is 3.58. The summed E-state index contributed by atoms with van der Waals surface area (Å²) in [6.07, 6.45) is 1.76. The van der Waals surface area contributed by atoms with Crippen LogP contribution in [0.2, 0.25) is 5.02 Å². The third-order valence-corrected chi connectivity index (χ3v) is 3.70. The number of fused-ring (bicyclic) bond motifs is 1. The number of hydrogen-bond acceptors (Lipinski definition) is 3. The molecule has 3 aromatic rings. The van der Waals surface area contributed by atoms with E-state index in [1.807, 2.05) is 41.8 Å². The van der Waals surface area contributed by atoms with E-state index in [-0.39, 0.29) is 0 Å². The van der Waals surface area contributed by atoms with E-state index in [1.54, 1.807) is 13.4 Å². The Morgan fingerprint density at radius 3 is 2.80 bits per heavy atom. The minimum absolute atomic E-state index is 0.680. The number of benzene rings is 2. The van der Waals surface area contributed by atoms with Crippen LogP contribution in [-0.4, -0.2) is 16.7 Å². The zero-order chi connectivity index (χ0) is 14.3. The summed E-state index contributed by atoms with van der Waals surface area (Å²) in [7, 11) is 1.63. The summed E-state index contributed by atoms with van der Waals surface area (Å²) < 4.78 is 7.39. The molecular weight excluding hydrogens is 274 g/mol. The Morgan fingerprint density at radius 1 is 1.25 bits per heavy atom. The van der Waals surface area contributed by atoms with E-state index in [1.165, 1.54) is 0 Å². The number of nitrogens with two attached hydrogens (primary N) is 1. The van der Waals surface area contributed by atoms with E-state index in [0.29, 0.717) is 16.5 Å². The Labute approximate surface area is 121 Å². The van der Waals surface area contributed by atoms with Crippen molar-refractivity contribution in [3.8, 4) is 11.4 Å². The molecule has 0 amide bonds. The molecule has 0 spiro atoms. The Morgan fingerprint density at radius 2 is 2.05 bits per heavy atom. The van der Waals surface area contributed by atoms with Gasteiger partial charge in [0.1, 0.15) is 12.1 Å². The van der Waals surface area contributed by atoms with E-state index in [2.05, 4.69) is 4.98 Å². The van der Waals surface area contributed by atoms with Crippen LogP contribution in [0.1, 0.15) is 5.56 Å². The quantitative estimate of drug-likeness (QED) is 0.733. The Kier molecular flexibility index (Phi) is 3.03. The van der Waals surface area contributed by atoms with Crippen molar-refractivity contribution in [2.75, 3.05) is 12.8 Å². The average Bonchev–Trinajstić information content (AvgIpc) is 2.84. The number of hydrogen-bond donors (Lipinski definition) is 1. The number of imidazole rings is 1. The van der Waals surface area contributed by atoms with Crippen LogP contribution in [-0.2, 0) is 0 Å². The predicted molar refractivity (Wildman–Crippen MR) is 81.8 cm³/mol. The molecule has 5 heteroatoms. The second-order valence-corrected chi connectivity index (χ2v) is 5.04. The first kappa shape index (κ1) is 12.8. The molecule has 0 bridgehead atoms. The maximum absolute atomic E-state index is 6.14. The van der Waals surface area contributed by atoms with Crippen LogP contribution in [0.3, 0.4) is 0 Å². The van der Waals surface area contributed by atoms with Gasteiger partial charge >= 0.3 is 0 Å². The standard InChI is InChI=1S/C15H14ClN3O/c1-9-5-14(15(20-2)7-11(9)16)19-8-18-12-6-10(17)3-4-13(12)19/h3-8H,17H2,1-2H3. The lowest BCUT2D eigenvalue weighted by Crippen LogP contribution is -1.98. The number of nitrogen functional groups attached to an aromatic ring is 1. The van der Waals surface area contributed by atoms with Gasteiger partial charge in [0.15, 0.2) is 0 Å². The molecule has 0 radical (unpaired) electrons. The third-order valence-electron chi connectivity index (χ3n) is 3.29. The molecule has 0 saturated carbocycles. The number of anilines is 1. The van der Waals surface area contributed by atoms with Gasteiger partial charge in [-0.1, -0.05) is 11.6 Å². The molecule has 0 aliphatic rings. The third kappa shape index (κ3) is 1.98. The first-order valence-electron chi connectivity index (χ1n) is 6.17. The summed E-state index contributed by atoms with van der Waals surface area (Å²) >= 11 is 6.14. The molecule has 0 aliphatic heterocycles. The van der Waals surface area contributed by atoms with Crippen LogP contribution in [0.5, 0.6) is 5.75 Å². The average molecular weight is 288 g/mol. The molecule has 4 nitrogen and oxygen atoms in total. The van der Waals surface area contributed by atoms with Crippen molar-refractivity contribution in [3.63, 3.8) is 0 Å². The number of nitrogens with zero attached hydrogens (tertiary/aromatic N) is 2. The van der Waals surface area contributed by atoms with E-state index >= 15 is 0 Å². The molecule has 3 rings (SSSR count). The molecule has 102 valence electrons. The Hall–Kier alpha value is -2.20. The molecule has 0 fully saturated rings. The van der Waals surface area contributed by atoms with E-state index < -0.39 is 0 Å². The van der Waals surface area contributed by atoms with Crippen molar-refractivity contribution in [1.82, 2.24) is 9.55 Å². The highest BCUT2D eigenvalue weighted by Crippen LogP contribution is 2.31. The first-order valence-corrected chi connectivity index (χ1v) is 6.55. The molecule has 1 heterocycles. The van der Waals surface area contributed by atoms with Crippen molar-refractivity contribution < 1.29 is 4.74 Å². The summed E-state index contributed by atoms with van der Waals surface area (Å²) in [5, 5.41) is 0.680. The SMILES string of the molecule is COc1cc(Cl)c(C)cc1-n1cnc2cc(N)ccc21. The lowest BCUT2D eigenvalue weighted by atomic mass is 10.2. The fourth-order valence-corrected chi connectivity index (χ4v) is 2.38. The molecule has 1 aromatic heterocycles. The maximum atomic E-state index is 6.14. The molecule has 2 N–H and O–H groups in total. The highest BCUT2D eigenvalue weighted by Gasteiger charge is 2.12. The minimum Gasteiger partial charge on any atom is -0.495 e. The van der Waals surface area contributed by atoms with E-state index in [9.17, 15) is 0 Å². The zero-order valence-electron chi connectivity index (χ0n) is 11.2. The number of halogens is 1. The van der Waals surface area contributed by atoms with Crippen LogP contribution in [0.4, 0.5) is 5.69 Å². The van der Waals surface area contributed by atoms with Crippen LogP contribution < -0.4 is 10.5 Å². The molecule has 2 aromatic carbocycles. The normalized spacial score (nSPS) is 10.9. The molecular formula is C15H14ClN3O. The zero-order valence-corrected chi connectivity index (χ0v) is 12.0. The number of rotatable bonds is 2. The van der Waals surface area contributed by atoms with Gasteiger partial charge in [0.05, 0.1) is 23.8 Å². The van der Waals surface area contributed by atoms with Gasteiger partial charge in [0.25, 0.3) is 0 Å². The summed E-state index contributed by atoms with van der Waals surface area (Å²) in [6, 6.07) is 9.45. The van der Waals surface area contributed by atoms with Crippen molar-refractivity contribution in [3.05, 3.63) is 47.2 Å². The fourth-order valence-electron chi connectivity index (χ4n) is 2.22. The Balaban J connectivity index is 2.28. The minimum atomic E-state index is 0.680. The number of aromatic nitrogens is 2. The van der Waals surface area contributed by atoms with Crippen molar-refractivity contribution in [2.24, 2.45) is 0 Å². The van der Waals surface area contributed by atoms with E-state index in [4.69, 9.17) is 22.1 Å². The van der Waals surface area contributed by atoms with Crippen LogP contribution in [0.15, 0.2) is 36.7 Å². The van der Waals surface area contributed by atoms with Gasteiger partial charge in [-0.15, -0.1) is 0 Å². The molecule has 0 aliphatic carbocycles. The molecule has 0 unspecified atom stereocenters. The maximum Gasteiger partial charge on any atom is 0.144 e. The van der Waals surface area contributed by atoms with Crippen molar-refractivity contribution in [2.45, 2.75) is 6.92 Å². The molecule has 0 atom stereocenters. The van der Waals surface area contributed by atoms with Crippen LogP contribution in [0.25, 0.3) is 16.7 Å². The van der Waals surface area contributed by atoms with Crippen LogP contribution in [0, 0.1) is 6.92 Å². The smallest absolute Gasteiger partial charge is 0.144 e. The summed E-state index contributed by atoms with van der Waals surface area (Å²) in [5.74, 6) is 0.705.